The molecule has 0 spiro atoms. The van der Waals surface area contributed by atoms with Gasteiger partial charge in [-0.2, -0.15) is 0 Å². The normalized spacial score (nSPS) is 17.8. The minimum absolute atomic E-state index is 0.0454. The van der Waals surface area contributed by atoms with Crippen LogP contribution in [0.25, 0.3) is 0 Å². The van der Waals surface area contributed by atoms with Gasteiger partial charge in [0.2, 0.25) is 0 Å². The number of H-pyrrole nitrogens is 1. The zero-order valence-electron chi connectivity index (χ0n) is 9.63. The van der Waals surface area contributed by atoms with Crippen LogP contribution in [0.1, 0.15) is 44.2 Å². The van der Waals surface area contributed by atoms with Gasteiger partial charge in [-0.25, -0.2) is 0 Å². The van der Waals surface area contributed by atoms with Gasteiger partial charge >= 0.3 is 4.87 Å². The van der Waals surface area contributed by atoms with Crippen molar-refractivity contribution < 1.29 is 0 Å². The molecular weight excluding hydrogens is 220 g/mol. The summed E-state index contributed by atoms with van der Waals surface area (Å²) in [6.07, 6.45) is 8.38. The van der Waals surface area contributed by atoms with Crippen LogP contribution in [0.2, 0.25) is 0 Å². The van der Waals surface area contributed by atoms with E-state index in [1.165, 1.54) is 49.9 Å². The smallest absolute Gasteiger partial charge is 0.304 e. The van der Waals surface area contributed by atoms with Gasteiger partial charge in [-0.3, -0.25) is 4.79 Å². The van der Waals surface area contributed by atoms with Gasteiger partial charge in [0.1, 0.15) is 0 Å². The third kappa shape index (κ3) is 3.76. The lowest BCUT2D eigenvalue weighted by atomic mass is 9.87. The number of hydrogen-bond acceptors (Lipinski definition) is 3. The second-order valence-corrected chi connectivity index (χ2v) is 5.49. The molecule has 1 aromatic heterocycles. The van der Waals surface area contributed by atoms with Crippen LogP contribution in [-0.2, 0) is 6.54 Å². The van der Waals surface area contributed by atoms with Crippen LogP contribution >= 0.6 is 11.3 Å². The SMILES string of the molecule is O=c1[nH]c(CNCCC2CCCCC2)cs1. The first kappa shape index (κ1) is 11.9. The summed E-state index contributed by atoms with van der Waals surface area (Å²) in [5.41, 5.74) is 1.01. The van der Waals surface area contributed by atoms with Crippen molar-refractivity contribution in [1.82, 2.24) is 10.3 Å². The van der Waals surface area contributed by atoms with E-state index in [1.54, 1.807) is 0 Å². The van der Waals surface area contributed by atoms with Crippen LogP contribution in [0.3, 0.4) is 0 Å². The largest absolute Gasteiger partial charge is 0.315 e. The fourth-order valence-electron chi connectivity index (χ4n) is 2.41. The second kappa shape index (κ2) is 6.21. The van der Waals surface area contributed by atoms with E-state index in [4.69, 9.17) is 0 Å². The molecule has 1 aromatic rings. The van der Waals surface area contributed by atoms with Gasteiger partial charge in [0.25, 0.3) is 0 Å². The van der Waals surface area contributed by atoms with E-state index in [2.05, 4.69) is 10.3 Å². The molecular formula is C12H20N2OS. The number of nitrogens with one attached hydrogen (secondary N) is 2. The molecule has 90 valence electrons. The molecule has 0 radical (unpaired) electrons. The average Bonchev–Trinajstić information content (AvgIpc) is 2.72. The minimum Gasteiger partial charge on any atom is -0.315 e. The number of aromatic nitrogens is 1. The van der Waals surface area contributed by atoms with E-state index in [-0.39, 0.29) is 4.87 Å². The molecule has 0 saturated heterocycles. The van der Waals surface area contributed by atoms with Crippen molar-refractivity contribution in [3.63, 3.8) is 0 Å². The molecule has 0 bridgehead atoms. The van der Waals surface area contributed by atoms with Gasteiger partial charge in [-0.05, 0) is 18.9 Å². The van der Waals surface area contributed by atoms with Crippen LogP contribution in [0.15, 0.2) is 10.2 Å². The maximum Gasteiger partial charge on any atom is 0.304 e. The average molecular weight is 240 g/mol. The Bertz CT molecular complexity index is 352. The quantitative estimate of drug-likeness (QED) is 0.777. The van der Waals surface area contributed by atoms with Crippen LogP contribution in [0, 0.1) is 5.92 Å². The fourth-order valence-corrected chi connectivity index (χ4v) is 2.99. The van der Waals surface area contributed by atoms with E-state index in [1.807, 2.05) is 5.38 Å². The maximum atomic E-state index is 10.9. The molecule has 0 unspecified atom stereocenters. The highest BCUT2D eigenvalue weighted by Crippen LogP contribution is 2.25. The highest BCUT2D eigenvalue weighted by Gasteiger charge is 2.12. The van der Waals surface area contributed by atoms with E-state index in [9.17, 15) is 4.79 Å². The van der Waals surface area contributed by atoms with Gasteiger partial charge < -0.3 is 10.3 Å². The molecule has 0 aliphatic heterocycles. The Balaban J connectivity index is 1.59. The van der Waals surface area contributed by atoms with Crippen molar-refractivity contribution in [2.24, 2.45) is 5.92 Å². The first-order valence-electron chi connectivity index (χ1n) is 6.22. The number of rotatable bonds is 5. The van der Waals surface area contributed by atoms with Crippen molar-refractivity contribution in [3.8, 4) is 0 Å². The molecule has 0 amide bonds. The summed E-state index contributed by atoms with van der Waals surface area (Å²) < 4.78 is 0. The predicted octanol–water partition coefficient (Wildman–Crippen LogP) is 2.50. The van der Waals surface area contributed by atoms with E-state index in [0.717, 1.165) is 24.7 Å². The van der Waals surface area contributed by atoms with Crippen LogP contribution in [-0.4, -0.2) is 11.5 Å². The molecule has 2 rings (SSSR count). The number of hydrogen-bond donors (Lipinski definition) is 2. The standard InChI is InChI=1S/C12H20N2OS/c15-12-14-11(9-16-12)8-13-7-6-10-4-2-1-3-5-10/h9-10,13H,1-8H2,(H,14,15). The molecule has 4 heteroatoms. The second-order valence-electron chi connectivity index (χ2n) is 4.64. The minimum atomic E-state index is 0.0454. The zero-order valence-corrected chi connectivity index (χ0v) is 10.4. The van der Waals surface area contributed by atoms with E-state index >= 15 is 0 Å². The first-order chi connectivity index (χ1) is 7.84. The Hall–Kier alpha value is -0.610. The van der Waals surface area contributed by atoms with Crippen LogP contribution in [0.5, 0.6) is 0 Å². The van der Waals surface area contributed by atoms with Gasteiger partial charge in [-0.1, -0.05) is 43.4 Å². The molecule has 2 N–H and O–H groups in total. The third-order valence-electron chi connectivity index (χ3n) is 3.34. The third-order valence-corrected chi connectivity index (χ3v) is 4.06. The summed E-state index contributed by atoms with van der Waals surface area (Å²) in [5.74, 6) is 0.933. The van der Waals surface area contributed by atoms with E-state index in [0.29, 0.717) is 0 Å². The summed E-state index contributed by atoms with van der Waals surface area (Å²) in [6, 6.07) is 0. The van der Waals surface area contributed by atoms with Crippen LogP contribution < -0.4 is 10.2 Å². The van der Waals surface area contributed by atoms with E-state index < -0.39 is 0 Å². The Kier molecular flexibility index (Phi) is 4.60. The lowest BCUT2D eigenvalue weighted by Crippen LogP contribution is -2.19. The summed E-state index contributed by atoms with van der Waals surface area (Å²) >= 11 is 1.24. The first-order valence-corrected chi connectivity index (χ1v) is 7.10. The van der Waals surface area contributed by atoms with Gasteiger partial charge in [-0.15, -0.1) is 0 Å². The lowest BCUT2D eigenvalue weighted by molar-refractivity contribution is 0.333. The topological polar surface area (TPSA) is 44.9 Å². The molecule has 1 saturated carbocycles. The highest BCUT2D eigenvalue weighted by atomic mass is 32.1. The van der Waals surface area contributed by atoms with Crippen molar-refractivity contribution in [2.75, 3.05) is 6.54 Å². The van der Waals surface area contributed by atoms with Gasteiger partial charge in [0, 0.05) is 17.6 Å². The van der Waals surface area contributed by atoms with Gasteiger partial charge in [0.15, 0.2) is 0 Å². The Morgan fingerprint density at radius 3 is 2.88 bits per heavy atom. The monoisotopic (exact) mass is 240 g/mol. The molecule has 1 fully saturated rings. The number of aromatic amines is 1. The molecule has 0 atom stereocenters. The lowest BCUT2D eigenvalue weighted by Gasteiger charge is -2.21. The predicted molar refractivity (Wildman–Crippen MR) is 67.8 cm³/mol. The van der Waals surface area contributed by atoms with Gasteiger partial charge in [0.05, 0.1) is 0 Å². The van der Waals surface area contributed by atoms with Crippen molar-refractivity contribution in [3.05, 3.63) is 20.7 Å². The summed E-state index contributed by atoms with van der Waals surface area (Å²) in [6.45, 7) is 1.87. The summed E-state index contributed by atoms with van der Waals surface area (Å²) in [5, 5.41) is 5.30. The Morgan fingerprint density at radius 1 is 1.38 bits per heavy atom. The Labute approximate surface area is 100 Å². The molecule has 1 aliphatic rings. The van der Waals surface area contributed by atoms with Crippen molar-refractivity contribution in [2.45, 2.75) is 45.1 Å². The maximum absolute atomic E-state index is 10.9. The molecule has 1 heterocycles. The highest BCUT2D eigenvalue weighted by molar-refractivity contribution is 7.07. The molecule has 16 heavy (non-hydrogen) atoms. The number of thiazole rings is 1. The summed E-state index contributed by atoms with van der Waals surface area (Å²) in [4.78, 5) is 13.8. The van der Waals surface area contributed by atoms with Crippen molar-refractivity contribution in [1.29, 1.82) is 0 Å². The zero-order chi connectivity index (χ0) is 11.2. The molecule has 0 aromatic carbocycles. The van der Waals surface area contributed by atoms with Crippen LogP contribution in [0.4, 0.5) is 0 Å². The molecule has 1 aliphatic carbocycles. The fraction of sp³-hybridized carbons (Fsp3) is 0.750. The van der Waals surface area contributed by atoms with Crippen molar-refractivity contribution >= 4 is 11.3 Å². The molecule has 3 nitrogen and oxygen atoms in total. The summed E-state index contributed by atoms with van der Waals surface area (Å²) in [7, 11) is 0. The Morgan fingerprint density at radius 2 is 2.19 bits per heavy atom.